The van der Waals surface area contributed by atoms with Gasteiger partial charge >= 0.3 is 11.9 Å². The summed E-state index contributed by atoms with van der Waals surface area (Å²) in [6.45, 7) is 12.9. The molecule has 0 heterocycles. The maximum Gasteiger partial charge on any atom is 0.333 e. The third-order valence-corrected chi connectivity index (χ3v) is 6.73. The van der Waals surface area contributed by atoms with E-state index in [1.165, 1.54) is 6.92 Å². The van der Waals surface area contributed by atoms with Crippen LogP contribution in [0.2, 0.25) is 0 Å². The van der Waals surface area contributed by atoms with Crippen LogP contribution in [0.4, 0.5) is 0 Å². The average Bonchev–Trinajstić information content (AvgIpc) is 2.71. The van der Waals surface area contributed by atoms with E-state index in [1.807, 2.05) is 33.8 Å². The molecule has 0 aliphatic heterocycles. The Labute approximate surface area is 162 Å². The second kappa shape index (κ2) is 7.78. The summed E-state index contributed by atoms with van der Waals surface area (Å²) in [7, 11) is 0. The molecule has 0 radical (unpaired) electrons. The molecule has 0 aromatic rings. The van der Waals surface area contributed by atoms with Crippen LogP contribution in [0.15, 0.2) is 23.3 Å². The van der Waals surface area contributed by atoms with Crippen molar-refractivity contribution in [2.24, 2.45) is 17.3 Å². The molecule has 0 saturated heterocycles. The molecule has 1 saturated carbocycles. The van der Waals surface area contributed by atoms with Crippen LogP contribution < -0.4 is 0 Å². The third-order valence-electron chi connectivity index (χ3n) is 6.73. The zero-order chi connectivity index (χ0) is 20.6. The predicted octanol–water partition coefficient (Wildman–Crippen LogP) is 3.95. The van der Waals surface area contributed by atoms with Gasteiger partial charge in [0.1, 0.15) is 12.2 Å². The molecule has 2 aliphatic carbocycles. The first-order chi connectivity index (χ1) is 12.5. The molecule has 152 valence electrons. The molecule has 0 unspecified atom stereocenters. The highest BCUT2D eigenvalue weighted by Crippen LogP contribution is 2.59. The van der Waals surface area contributed by atoms with Crippen molar-refractivity contribution in [2.75, 3.05) is 0 Å². The van der Waals surface area contributed by atoms with Gasteiger partial charge in [-0.25, -0.2) is 4.79 Å². The van der Waals surface area contributed by atoms with E-state index in [0.717, 1.165) is 18.4 Å². The van der Waals surface area contributed by atoms with E-state index in [0.29, 0.717) is 12.0 Å². The second-order valence-corrected chi connectivity index (χ2v) is 8.72. The van der Waals surface area contributed by atoms with Gasteiger partial charge in [-0.05, 0) is 45.6 Å². The Morgan fingerprint density at radius 3 is 2.44 bits per heavy atom. The quantitative estimate of drug-likeness (QED) is 0.455. The van der Waals surface area contributed by atoms with Crippen LogP contribution in [0.25, 0.3) is 0 Å². The number of carbonyl (C=O) groups excluding carboxylic acids is 2. The highest BCUT2D eigenvalue weighted by Gasteiger charge is 2.65. The smallest absolute Gasteiger partial charge is 0.333 e. The van der Waals surface area contributed by atoms with E-state index in [2.05, 4.69) is 0 Å². The minimum Gasteiger partial charge on any atom is -0.458 e. The summed E-state index contributed by atoms with van der Waals surface area (Å²) in [5, 5.41) is 11.6. The molecule has 0 aromatic carbocycles. The molecule has 0 aromatic heterocycles. The van der Waals surface area contributed by atoms with Gasteiger partial charge in [-0.1, -0.05) is 32.4 Å². The maximum atomic E-state index is 12.5. The maximum absolute atomic E-state index is 12.5. The molecule has 2 rings (SSSR count). The van der Waals surface area contributed by atoms with Crippen molar-refractivity contribution in [2.45, 2.75) is 85.5 Å². The van der Waals surface area contributed by atoms with Crippen LogP contribution in [0, 0.1) is 17.3 Å². The summed E-state index contributed by atoms with van der Waals surface area (Å²) in [5.41, 5.74) is -0.0239. The fourth-order valence-electron chi connectivity index (χ4n) is 4.74. The number of hydrogen-bond donors (Lipinski definition) is 1. The lowest BCUT2D eigenvalue weighted by atomic mass is 9.67. The summed E-state index contributed by atoms with van der Waals surface area (Å²) >= 11 is 0. The van der Waals surface area contributed by atoms with Crippen LogP contribution in [-0.4, -0.2) is 34.9 Å². The lowest BCUT2D eigenvalue weighted by Crippen LogP contribution is -2.49. The molecule has 5 heteroatoms. The monoisotopic (exact) mass is 378 g/mol. The number of allylic oxidation sites excluding steroid dienone is 2. The first-order valence-corrected chi connectivity index (χ1v) is 9.87. The van der Waals surface area contributed by atoms with Crippen molar-refractivity contribution in [1.82, 2.24) is 0 Å². The first kappa shape index (κ1) is 21.7. The van der Waals surface area contributed by atoms with Gasteiger partial charge in [0.15, 0.2) is 0 Å². The van der Waals surface area contributed by atoms with Crippen molar-refractivity contribution in [3.63, 3.8) is 0 Å². The van der Waals surface area contributed by atoms with Crippen molar-refractivity contribution in [1.29, 1.82) is 0 Å². The molecule has 0 amide bonds. The van der Waals surface area contributed by atoms with Crippen LogP contribution in [0.1, 0.15) is 67.7 Å². The van der Waals surface area contributed by atoms with Gasteiger partial charge in [-0.3, -0.25) is 4.79 Å². The number of aliphatic hydroxyl groups is 1. The van der Waals surface area contributed by atoms with E-state index in [9.17, 15) is 14.7 Å². The van der Waals surface area contributed by atoms with Crippen molar-refractivity contribution >= 4 is 11.9 Å². The third kappa shape index (κ3) is 3.84. The largest absolute Gasteiger partial charge is 0.458 e. The van der Waals surface area contributed by atoms with Gasteiger partial charge in [0.25, 0.3) is 0 Å². The van der Waals surface area contributed by atoms with E-state index in [1.54, 1.807) is 19.9 Å². The minimum absolute atomic E-state index is 0.00951. The number of fused-ring (bicyclic) bond motifs is 1. The highest BCUT2D eigenvalue weighted by atomic mass is 16.6. The number of esters is 2. The van der Waals surface area contributed by atoms with E-state index in [4.69, 9.17) is 9.47 Å². The molecule has 5 atom stereocenters. The molecule has 1 fully saturated rings. The lowest BCUT2D eigenvalue weighted by molar-refractivity contribution is -0.166. The Bertz CT molecular complexity index is 662. The van der Waals surface area contributed by atoms with Gasteiger partial charge in [0.05, 0.1) is 11.0 Å². The summed E-state index contributed by atoms with van der Waals surface area (Å²) in [6, 6.07) is 0. The fourth-order valence-corrected chi connectivity index (χ4v) is 4.74. The van der Waals surface area contributed by atoms with E-state index >= 15 is 0 Å². The van der Waals surface area contributed by atoms with Crippen molar-refractivity contribution in [3.05, 3.63) is 23.3 Å². The number of rotatable bonds is 4. The zero-order valence-electron chi connectivity index (χ0n) is 17.7. The van der Waals surface area contributed by atoms with Gasteiger partial charge in [0, 0.05) is 24.8 Å². The second-order valence-electron chi connectivity index (χ2n) is 8.72. The van der Waals surface area contributed by atoms with E-state index < -0.39 is 23.2 Å². The van der Waals surface area contributed by atoms with E-state index in [-0.39, 0.29) is 23.8 Å². The van der Waals surface area contributed by atoms with Crippen LogP contribution >= 0.6 is 0 Å². The molecule has 27 heavy (non-hydrogen) atoms. The molecule has 5 nitrogen and oxygen atoms in total. The van der Waals surface area contributed by atoms with Gasteiger partial charge < -0.3 is 14.6 Å². The molecule has 0 bridgehead atoms. The molecular weight excluding hydrogens is 344 g/mol. The molecule has 1 N–H and O–H groups in total. The average molecular weight is 379 g/mol. The Morgan fingerprint density at radius 2 is 1.93 bits per heavy atom. The topological polar surface area (TPSA) is 72.8 Å². The summed E-state index contributed by atoms with van der Waals surface area (Å²) in [5.74, 6) is -0.917. The summed E-state index contributed by atoms with van der Waals surface area (Å²) in [4.78, 5) is 24.3. The molecule has 2 aliphatic rings. The van der Waals surface area contributed by atoms with Gasteiger partial charge in [-0.15, -0.1) is 0 Å². The number of carbonyl (C=O) groups is 2. The van der Waals surface area contributed by atoms with Crippen molar-refractivity contribution < 1.29 is 24.2 Å². The lowest BCUT2D eigenvalue weighted by Gasteiger charge is -2.43. The van der Waals surface area contributed by atoms with Gasteiger partial charge in [0.2, 0.25) is 0 Å². The molecular formula is C22H34O5. The Morgan fingerprint density at radius 1 is 1.30 bits per heavy atom. The zero-order valence-corrected chi connectivity index (χ0v) is 17.7. The minimum atomic E-state index is -0.986. The SMILES string of the molecule is C/C=C(\C)C(=O)O[C@@H]1C[C@@](O)(C(C)C)[C@@H]2CCC(C)=C[C@@H](OC(C)=O)[C@]21C. The number of ether oxygens (including phenoxy) is 2. The van der Waals surface area contributed by atoms with Crippen LogP contribution in [0.5, 0.6) is 0 Å². The first-order valence-electron chi connectivity index (χ1n) is 9.87. The van der Waals surface area contributed by atoms with Crippen LogP contribution in [0.3, 0.4) is 0 Å². The van der Waals surface area contributed by atoms with Crippen molar-refractivity contribution in [3.8, 4) is 0 Å². The standard InChI is InChI=1S/C22H34O5/c1-8-15(5)20(24)27-19-12-22(25,13(2)3)17-10-9-14(4)11-18(21(17,19)7)26-16(6)23/h8,11,13,17-19,25H,9-10,12H2,1-7H3/b15-8+/t17-,18-,19-,21+,22-/m1/s1. The predicted molar refractivity (Wildman–Crippen MR) is 104 cm³/mol. The Hall–Kier alpha value is -1.62. The Kier molecular flexibility index (Phi) is 6.25. The summed E-state index contributed by atoms with van der Waals surface area (Å²) < 4.78 is 11.6. The fraction of sp³-hybridized carbons (Fsp3) is 0.727. The van der Waals surface area contributed by atoms with Crippen LogP contribution in [-0.2, 0) is 19.1 Å². The van der Waals surface area contributed by atoms with Gasteiger partial charge in [-0.2, -0.15) is 0 Å². The Balaban J connectivity index is 2.55. The summed E-state index contributed by atoms with van der Waals surface area (Å²) in [6.07, 6.45) is 4.54. The normalized spacial score (nSPS) is 36.7. The molecule has 0 spiro atoms. The highest BCUT2D eigenvalue weighted by molar-refractivity contribution is 5.87. The number of hydrogen-bond acceptors (Lipinski definition) is 5.